The standard InChI is InChI=1S/C12H11NO6/c1-2-11(16)19-13(7-10(14)15)9-6-4-3-5-8(9)12(17)18/h2-6H,1,7H2,(H,14,15)(H,17,18). The molecule has 0 aromatic heterocycles. The molecule has 19 heavy (non-hydrogen) atoms. The highest BCUT2D eigenvalue weighted by molar-refractivity contribution is 5.95. The summed E-state index contributed by atoms with van der Waals surface area (Å²) >= 11 is 0. The number of carboxylic acids is 2. The zero-order chi connectivity index (χ0) is 14.4. The number of carboxylic acid groups (broad SMARTS) is 2. The second kappa shape index (κ2) is 6.20. The third kappa shape index (κ3) is 3.84. The van der Waals surface area contributed by atoms with Crippen molar-refractivity contribution in [3.05, 3.63) is 42.5 Å². The summed E-state index contributed by atoms with van der Waals surface area (Å²) in [6, 6.07) is 5.58. The van der Waals surface area contributed by atoms with Crippen LogP contribution >= 0.6 is 0 Å². The zero-order valence-corrected chi connectivity index (χ0v) is 9.78. The van der Waals surface area contributed by atoms with Crippen molar-refractivity contribution < 1.29 is 29.4 Å². The summed E-state index contributed by atoms with van der Waals surface area (Å²) in [6.07, 6.45) is 0.845. The molecular formula is C12H11NO6. The predicted molar refractivity (Wildman–Crippen MR) is 64.7 cm³/mol. The normalized spacial score (nSPS) is 9.47. The van der Waals surface area contributed by atoms with Crippen LogP contribution in [0.5, 0.6) is 0 Å². The van der Waals surface area contributed by atoms with Crippen LogP contribution in [0, 0.1) is 0 Å². The van der Waals surface area contributed by atoms with E-state index in [9.17, 15) is 14.4 Å². The van der Waals surface area contributed by atoms with E-state index in [1.54, 1.807) is 0 Å². The summed E-state index contributed by atoms with van der Waals surface area (Å²) < 4.78 is 0. The largest absolute Gasteiger partial charge is 0.480 e. The van der Waals surface area contributed by atoms with Crippen LogP contribution in [0.4, 0.5) is 5.69 Å². The van der Waals surface area contributed by atoms with E-state index in [0.29, 0.717) is 5.06 Å². The molecule has 2 N–H and O–H groups in total. The average Bonchev–Trinajstić information content (AvgIpc) is 2.37. The van der Waals surface area contributed by atoms with Gasteiger partial charge in [0.05, 0.1) is 11.3 Å². The van der Waals surface area contributed by atoms with Crippen molar-refractivity contribution in [1.82, 2.24) is 0 Å². The van der Waals surface area contributed by atoms with Gasteiger partial charge in [0.1, 0.15) is 0 Å². The summed E-state index contributed by atoms with van der Waals surface area (Å²) in [7, 11) is 0. The van der Waals surface area contributed by atoms with Gasteiger partial charge in [0.2, 0.25) is 0 Å². The van der Waals surface area contributed by atoms with Crippen LogP contribution in [0.15, 0.2) is 36.9 Å². The molecule has 0 atom stereocenters. The van der Waals surface area contributed by atoms with Gasteiger partial charge in [-0.15, -0.1) is 0 Å². The van der Waals surface area contributed by atoms with Gasteiger partial charge in [0.25, 0.3) is 0 Å². The Morgan fingerprint density at radius 3 is 2.42 bits per heavy atom. The Bertz CT molecular complexity index is 525. The van der Waals surface area contributed by atoms with Gasteiger partial charge in [-0.3, -0.25) is 4.79 Å². The molecule has 0 unspecified atom stereocenters. The zero-order valence-electron chi connectivity index (χ0n) is 9.78. The lowest BCUT2D eigenvalue weighted by Gasteiger charge is -2.21. The molecule has 0 saturated carbocycles. The summed E-state index contributed by atoms with van der Waals surface area (Å²) in [5.74, 6) is -3.43. The molecule has 0 bridgehead atoms. The maximum atomic E-state index is 11.1. The topological polar surface area (TPSA) is 104 Å². The molecule has 100 valence electrons. The fourth-order valence-corrected chi connectivity index (χ4v) is 1.31. The number of para-hydroxylation sites is 1. The molecule has 0 radical (unpaired) electrons. The van der Waals surface area contributed by atoms with E-state index in [1.165, 1.54) is 24.3 Å². The minimum atomic E-state index is -1.28. The van der Waals surface area contributed by atoms with E-state index in [2.05, 4.69) is 6.58 Å². The SMILES string of the molecule is C=CC(=O)ON(CC(=O)O)c1ccccc1C(=O)O. The molecule has 0 aliphatic rings. The van der Waals surface area contributed by atoms with Gasteiger partial charge in [0.15, 0.2) is 6.54 Å². The molecule has 1 aromatic rings. The van der Waals surface area contributed by atoms with Crippen molar-refractivity contribution in [2.75, 3.05) is 11.6 Å². The van der Waals surface area contributed by atoms with Crippen LogP contribution < -0.4 is 5.06 Å². The molecule has 7 nitrogen and oxygen atoms in total. The highest BCUT2D eigenvalue weighted by atomic mass is 16.7. The molecule has 0 amide bonds. The highest BCUT2D eigenvalue weighted by Gasteiger charge is 2.20. The van der Waals surface area contributed by atoms with Crippen LogP contribution in [0.3, 0.4) is 0 Å². The van der Waals surface area contributed by atoms with Crippen molar-refractivity contribution in [2.24, 2.45) is 0 Å². The van der Waals surface area contributed by atoms with Crippen LogP contribution in [0.1, 0.15) is 10.4 Å². The third-order valence-electron chi connectivity index (χ3n) is 2.05. The third-order valence-corrected chi connectivity index (χ3v) is 2.05. The molecule has 7 heteroatoms. The summed E-state index contributed by atoms with van der Waals surface area (Å²) in [5.41, 5.74) is -0.215. The molecule has 1 aromatic carbocycles. The molecular weight excluding hydrogens is 254 g/mol. The molecule has 0 saturated heterocycles. The van der Waals surface area contributed by atoms with E-state index >= 15 is 0 Å². The molecule has 0 aliphatic heterocycles. The number of nitrogens with zero attached hydrogens (tertiary/aromatic N) is 1. The van der Waals surface area contributed by atoms with Gasteiger partial charge in [-0.05, 0) is 12.1 Å². The maximum Gasteiger partial charge on any atom is 0.355 e. The Labute approximate surface area is 108 Å². The van der Waals surface area contributed by atoms with Gasteiger partial charge in [0, 0.05) is 6.08 Å². The molecule has 0 fully saturated rings. The minimum absolute atomic E-state index is 0.0346. The van der Waals surface area contributed by atoms with Crippen LogP contribution in [0.25, 0.3) is 0 Å². The van der Waals surface area contributed by atoms with E-state index in [1.807, 2.05) is 0 Å². The Morgan fingerprint density at radius 2 is 1.89 bits per heavy atom. The predicted octanol–water partition coefficient (Wildman–Crippen LogP) is 0.920. The second-order valence-electron chi connectivity index (χ2n) is 3.37. The first-order valence-corrected chi connectivity index (χ1v) is 5.11. The van der Waals surface area contributed by atoms with Crippen molar-refractivity contribution in [1.29, 1.82) is 0 Å². The van der Waals surface area contributed by atoms with Crippen molar-refractivity contribution >= 4 is 23.6 Å². The first kappa shape index (κ1) is 14.2. The number of hydrogen-bond acceptors (Lipinski definition) is 5. The van der Waals surface area contributed by atoms with Crippen LogP contribution in [0.2, 0.25) is 0 Å². The maximum absolute atomic E-state index is 11.1. The quantitative estimate of drug-likeness (QED) is 0.582. The van der Waals surface area contributed by atoms with Crippen molar-refractivity contribution in [3.8, 4) is 0 Å². The lowest BCUT2D eigenvalue weighted by Crippen LogP contribution is -2.33. The van der Waals surface area contributed by atoms with Gasteiger partial charge < -0.3 is 15.1 Å². The second-order valence-corrected chi connectivity index (χ2v) is 3.37. The van der Waals surface area contributed by atoms with E-state index in [4.69, 9.17) is 15.1 Å². The summed E-state index contributed by atoms with van der Waals surface area (Å²) in [5, 5.41) is 18.4. The molecule has 0 spiro atoms. The van der Waals surface area contributed by atoms with Gasteiger partial charge in [-0.1, -0.05) is 18.7 Å². The smallest absolute Gasteiger partial charge is 0.355 e. The number of benzene rings is 1. The number of aliphatic carboxylic acids is 1. The number of carbonyl (C=O) groups excluding carboxylic acids is 1. The van der Waals surface area contributed by atoms with Gasteiger partial charge >= 0.3 is 17.9 Å². The molecule has 0 aliphatic carbocycles. The Morgan fingerprint density at radius 1 is 1.26 bits per heavy atom. The Hall–Kier alpha value is -2.83. The molecule has 0 heterocycles. The van der Waals surface area contributed by atoms with E-state index in [-0.39, 0.29) is 11.3 Å². The molecule has 1 rings (SSSR count). The summed E-state index contributed by atoms with van der Waals surface area (Å²) in [4.78, 5) is 37.6. The number of aromatic carboxylic acids is 1. The van der Waals surface area contributed by atoms with Crippen molar-refractivity contribution in [3.63, 3.8) is 0 Å². The van der Waals surface area contributed by atoms with Crippen molar-refractivity contribution in [2.45, 2.75) is 0 Å². The number of anilines is 1. The van der Waals surface area contributed by atoms with Gasteiger partial charge in [-0.25, -0.2) is 9.59 Å². The van der Waals surface area contributed by atoms with Crippen LogP contribution in [-0.4, -0.2) is 34.7 Å². The minimum Gasteiger partial charge on any atom is -0.480 e. The van der Waals surface area contributed by atoms with E-state index < -0.39 is 24.5 Å². The monoisotopic (exact) mass is 265 g/mol. The average molecular weight is 265 g/mol. The fourth-order valence-electron chi connectivity index (χ4n) is 1.31. The summed E-state index contributed by atoms with van der Waals surface area (Å²) in [6.45, 7) is 2.49. The number of carbonyl (C=O) groups is 3. The Balaban J connectivity index is 3.16. The number of hydrogen-bond donors (Lipinski definition) is 2. The first-order valence-electron chi connectivity index (χ1n) is 5.11. The number of rotatable bonds is 6. The van der Waals surface area contributed by atoms with Crippen LogP contribution in [-0.2, 0) is 14.4 Å². The fraction of sp³-hybridized carbons (Fsp3) is 0.0833. The lowest BCUT2D eigenvalue weighted by atomic mass is 10.2. The van der Waals surface area contributed by atoms with Gasteiger partial charge in [-0.2, -0.15) is 5.06 Å². The lowest BCUT2D eigenvalue weighted by molar-refractivity contribution is -0.142. The highest BCUT2D eigenvalue weighted by Crippen LogP contribution is 2.20. The van der Waals surface area contributed by atoms with E-state index in [0.717, 1.165) is 6.08 Å². The first-order chi connectivity index (χ1) is 8.95. The number of hydroxylamine groups is 1. The Kier molecular flexibility index (Phi) is 4.64.